The molecule has 4 heteroatoms. The van der Waals surface area contributed by atoms with Crippen LogP contribution >= 0.6 is 11.6 Å². The van der Waals surface area contributed by atoms with Gasteiger partial charge in [-0.3, -0.25) is 0 Å². The highest BCUT2D eigenvalue weighted by molar-refractivity contribution is 6.33. The molecular formula is C16H20ClNO2. The summed E-state index contributed by atoms with van der Waals surface area (Å²) in [6, 6.07) is 5.62. The van der Waals surface area contributed by atoms with Crippen molar-refractivity contribution in [2.24, 2.45) is 11.8 Å². The van der Waals surface area contributed by atoms with Crippen molar-refractivity contribution in [3.8, 4) is 0 Å². The van der Waals surface area contributed by atoms with Gasteiger partial charge in [-0.1, -0.05) is 37.6 Å². The maximum Gasteiger partial charge on any atom is 0.328 e. The summed E-state index contributed by atoms with van der Waals surface area (Å²) in [5.41, 5.74) is 1.81. The minimum absolute atomic E-state index is 0.617. The number of aliphatic carboxylic acids is 1. The lowest BCUT2D eigenvalue weighted by atomic mass is 9.91. The second kappa shape index (κ2) is 6.31. The zero-order valence-electron chi connectivity index (χ0n) is 11.8. The van der Waals surface area contributed by atoms with Gasteiger partial charge in [0.05, 0.1) is 10.7 Å². The first-order chi connectivity index (χ1) is 9.47. The van der Waals surface area contributed by atoms with Crippen molar-refractivity contribution >= 4 is 29.3 Å². The molecule has 0 bridgehead atoms. The number of hydrogen-bond donors (Lipinski definition) is 1. The summed E-state index contributed by atoms with van der Waals surface area (Å²) in [5.74, 6) is 0.286. The third kappa shape index (κ3) is 3.54. The average molecular weight is 294 g/mol. The molecule has 0 aromatic heterocycles. The Morgan fingerprint density at radius 2 is 2.00 bits per heavy atom. The number of carboxylic acid groups (broad SMARTS) is 1. The van der Waals surface area contributed by atoms with Crippen LogP contribution in [-0.2, 0) is 4.79 Å². The van der Waals surface area contributed by atoms with Gasteiger partial charge >= 0.3 is 5.97 Å². The average Bonchev–Trinajstić information content (AvgIpc) is 2.35. The van der Waals surface area contributed by atoms with E-state index >= 15 is 0 Å². The fourth-order valence-electron chi connectivity index (χ4n) is 3.01. The largest absolute Gasteiger partial charge is 0.478 e. The van der Waals surface area contributed by atoms with Gasteiger partial charge < -0.3 is 10.0 Å². The van der Waals surface area contributed by atoms with E-state index in [0.717, 1.165) is 30.4 Å². The molecule has 2 unspecified atom stereocenters. The fourth-order valence-corrected chi connectivity index (χ4v) is 3.31. The molecule has 20 heavy (non-hydrogen) atoms. The first-order valence-corrected chi connectivity index (χ1v) is 7.29. The smallest absolute Gasteiger partial charge is 0.328 e. The van der Waals surface area contributed by atoms with E-state index in [9.17, 15) is 4.79 Å². The zero-order valence-corrected chi connectivity index (χ0v) is 12.6. The van der Waals surface area contributed by atoms with Gasteiger partial charge in [0.2, 0.25) is 0 Å². The maximum atomic E-state index is 10.7. The Morgan fingerprint density at radius 1 is 1.35 bits per heavy atom. The fraction of sp³-hybridized carbons (Fsp3) is 0.438. The Kier molecular flexibility index (Phi) is 4.71. The van der Waals surface area contributed by atoms with E-state index < -0.39 is 5.97 Å². The second-order valence-corrected chi connectivity index (χ2v) is 6.11. The molecule has 1 N–H and O–H groups in total. The van der Waals surface area contributed by atoms with Crippen molar-refractivity contribution in [3.05, 3.63) is 34.9 Å². The van der Waals surface area contributed by atoms with Crippen LogP contribution in [0.5, 0.6) is 0 Å². The van der Waals surface area contributed by atoms with E-state index in [-0.39, 0.29) is 0 Å². The quantitative estimate of drug-likeness (QED) is 0.859. The maximum absolute atomic E-state index is 10.7. The standard InChI is InChI=1S/C16H20ClNO2/c1-11-8-12(2)10-18(9-11)16-13(6-7-15(19)20)4-3-5-14(16)17/h3-7,11-12H,8-10H2,1-2H3,(H,19,20)/b7-6+. The molecule has 2 atom stereocenters. The Bertz CT molecular complexity index is 517. The Balaban J connectivity index is 2.36. The van der Waals surface area contributed by atoms with Gasteiger partial charge in [-0.25, -0.2) is 4.79 Å². The summed E-state index contributed by atoms with van der Waals surface area (Å²) in [5, 5.41) is 9.48. The molecule has 3 nitrogen and oxygen atoms in total. The molecule has 0 spiro atoms. The first kappa shape index (κ1) is 14.9. The van der Waals surface area contributed by atoms with Gasteiger partial charge in [0.15, 0.2) is 0 Å². The lowest BCUT2D eigenvalue weighted by molar-refractivity contribution is -0.131. The molecular weight excluding hydrogens is 274 g/mol. The lowest BCUT2D eigenvalue weighted by Crippen LogP contribution is -2.39. The number of para-hydroxylation sites is 1. The van der Waals surface area contributed by atoms with Crippen LogP contribution in [-0.4, -0.2) is 24.2 Å². The number of anilines is 1. The van der Waals surface area contributed by atoms with Crippen molar-refractivity contribution in [3.63, 3.8) is 0 Å². The lowest BCUT2D eigenvalue weighted by Gasteiger charge is -2.37. The summed E-state index contributed by atoms with van der Waals surface area (Å²) >= 11 is 6.35. The summed E-state index contributed by atoms with van der Waals surface area (Å²) < 4.78 is 0. The van der Waals surface area contributed by atoms with Crippen LogP contribution in [0.4, 0.5) is 5.69 Å². The summed E-state index contributed by atoms with van der Waals surface area (Å²) in [7, 11) is 0. The molecule has 0 aliphatic carbocycles. The zero-order chi connectivity index (χ0) is 14.7. The van der Waals surface area contributed by atoms with E-state index in [1.165, 1.54) is 6.42 Å². The van der Waals surface area contributed by atoms with Crippen molar-refractivity contribution in [2.75, 3.05) is 18.0 Å². The van der Waals surface area contributed by atoms with E-state index in [4.69, 9.17) is 16.7 Å². The molecule has 0 saturated carbocycles. The van der Waals surface area contributed by atoms with Crippen LogP contribution in [0, 0.1) is 11.8 Å². The monoisotopic (exact) mass is 293 g/mol. The van der Waals surface area contributed by atoms with Gasteiger partial charge in [-0.05, 0) is 36.0 Å². The van der Waals surface area contributed by atoms with Gasteiger partial charge in [-0.2, -0.15) is 0 Å². The molecule has 1 aromatic carbocycles. The summed E-state index contributed by atoms with van der Waals surface area (Å²) in [6.45, 7) is 6.41. The molecule has 0 radical (unpaired) electrons. The highest BCUT2D eigenvalue weighted by atomic mass is 35.5. The van der Waals surface area contributed by atoms with E-state index in [0.29, 0.717) is 16.9 Å². The number of carbonyl (C=O) groups is 1. The molecule has 1 aliphatic rings. The van der Waals surface area contributed by atoms with Gasteiger partial charge in [0.25, 0.3) is 0 Å². The van der Waals surface area contributed by atoms with Crippen LogP contribution in [0.2, 0.25) is 5.02 Å². The molecule has 1 fully saturated rings. The van der Waals surface area contributed by atoms with E-state index in [1.807, 2.05) is 18.2 Å². The third-order valence-electron chi connectivity index (χ3n) is 3.61. The number of hydrogen-bond acceptors (Lipinski definition) is 2. The van der Waals surface area contributed by atoms with Gasteiger partial charge in [0.1, 0.15) is 0 Å². The number of carboxylic acids is 1. The van der Waals surface area contributed by atoms with Crippen molar-refractivity contribution in [2.45, 2.75) is 20.3 Å². The second-order valence-electron chi connectivity index (χ2n) is 5.70. The predicted molar refractivity (Wildman–Crippen MR) is 83.3 cm³/mol. The third-order valence-corrected chi connectivity index (χ3v) is 3.91. The number of halogens is 1. The van der Waals surface area contributed by atoms with Gasteiger partial charge in [-0.15, -0.1) is 0 Å². The molecule has 1 heterocycles. The molecule has 1 saturated heterocycles. The Hall–Kier alpha value is -1.48. The minimum atomic E-state index is -0.948. The molecule has 1 aliphatic heterocycles. The van der Waals surface area contributed by atoms with E-state index in [1.54, 1.807) is 6.08 Å². The predicted octanol–water partition coefficient (Wildman–Crippen LogP) is 3.92. The summed E-state index contributed by atoms with van der Waals surface area (Å²) in [6.07, 6.45) is 4.00. The van der Waals surface area contributed by atoms with Crippen LogP contribution in [0.25, 0.3) is 6.08 Å². The highest BCUT2D eigenvalue weighted by Gasteiger charge is 2.24. The summed E-state index contributed by atoms with van der Waals surface area (Å²) in [4.78, 5) is 13.0. The first-order valence-electron chi connectivity index (χ1n) is 6.92. The number of rotatable bonds is 3. The number of benzene rings is 1. The topological polar surface area (TPSA) is 40.5 Å². The molecule has 2 rings (SSSR count). The molecule has 1 aromatic rings. The van der Waals surface area contributed by atoms with E-state index in [2.05, 4.69) is 18.7 Å². The Morgan fingerprint density at radius 3 is 2.60 bits per heavy atom. The van der Waals surface area contributed by atoms with Crippen molar-refractivity contribution < 1.29 is 9.90 Å². The molecule has 108 valence electrons. The van der Waals surface area contributed by atoms with Crippen molar-refractivity contribution in [1.82, 2.24) is 0 Å². The Labute approximate surface area is 124 Å². The van der Waals surface area contributed by atoms with Crippen LogP contribution in [0.3, 0.4) is 0 Å². The van der Waals surface area contributed by atoms with Gasteiger partial charge in [0, 0.05) is 19.2 Å². The normalized spacial score (nSPS) is 23.2. The van der Waals surface area contributed by atoms with Crippen LogP contribution in [0.1, 0.15) is 25.8 Å². The SMILES string of the molecule is CC1CC(C)CN(c2c(Cl)cccc2/C=C/C(=O)O)C1. The number of piperidine rings is 1. The minimum Gasteiger partial charge on any atom is -0.478 e. The molecule has 0 amide bonds. The van der Waals surface area contributed by atoms with Crippen LogP contribution < -0.4 is 4.90 Å². The van der Waals surface area contributed by atoms with Crippen LogP contribution in [0.15, 0.2) is 24.3 Å². The number of nitrogens with zero attached hydrogens (tertiary/aromatic N) is 1. The highest BCUT2D eigenvalue weighted by Crippen LogP contribution is 2.35. The van der Waals surface area contributed by atoms with Crippen molar-refractivity contribution in [1.29, 1.82) is 0 Å².